The van der Waals surface area contributed by atoms with Crippen molar-refractivity contribution in [3.63, 3.8) is 0 Å². The third-order valence-electron chi connectivity index (χ3n) is 4.38. The molecule has 4 nitrogen and oxygen atoms in total. The van der Waals surface area contributed by atoms with Crippen molar-refractivity contribution in [1.82, 2.24) is 5.32 Å². The lowest BCUT2D eigenvalue weighted by atomic mass is 9.83. The molecule has 0 saturated heterocycles. The largest absolute Gasteiger partial charge is 0.475 e. The maximum absolute atomic E-state index is 10.9. The summed E-state index contributed by atoms with van der Waals surface area (Å²) >= 11 is 0. The summed E-state index contributed by atoms with van der Waals surface area (Å²) in [4.78, 5) is 10.9. The summed E-state index contributed by atoms with van der Waals surface area (Å²) < 4.78 is 5.35. The highest BCUT2D eigenvalue weighted by atomic mass is 16.4. The third kappa shape index (κ3) is 3.18. The van der Waals surface area contributed by atoms with Gasteiger partial charge in [0.25, 0.3) is 0 Å². The highest BCUT2D eigenvalue weighted by Crippen LogP contribution is 2.40. The van der Waals surface area contributed by atoms with Crippen molar-refractivity contribution in [1.29, 1.82) is 0 Å². The third-order valence-corrected chi connectivity index (χ3v) is 4.38. The summed E-state index contributed by atoms with van der Waals surface area (Å²) in [7, 11) is 0. The van der Waals surface area contributed by atoms with E-state index in [1.54, 1.807) is 6.92 Å². The molecule has 0 atom stereocenters. The second kappa shape index (κ2) is 5.78. The van der Waals surface area contributed by atoms with Crippen molar-refractivity contribution in [2.24, 2.45) is 5.41 Å². The summed E-state index contributed by atoms with van der Waals surface area (Å²) in [5.74, 6) is -0.230. The van der Waals surface area contributed by atoms with E-state index in [2.05, 4.69) is 12.2 Å². The maximum Gasteiger partial charge on any atom is 0.372 e. The number of carboxylic acids is 1. The molecular weight excluding hydrogens is 242 g/mol. The van der Waals surface area contributed by atoms with E-state index >= 15 is 0 Å². The van der Waals surface area contributed by atoms with Crippen molar-refractivity contribution < 1.29 is 14.3 Å². The molecule has 0 unspecified atom stereocenters. The first-order chi connectivity index (χ1) is 9.06. The zero-order valence-electron chi connectivity index (χ0n) is 11.8. The van der Waals surface area contributed by atoms with Gasteiger partial charge in [-0.3, -0.25) is 0 Å². The fourth-order valence-corrected chi connectivity index (χ4v) is 3.08. The normalized spacial score (nSPS) is 17.8. The van der Waals surface area contributed by atoms with E-state index in [-0.39, 0.29) is 5.76 Å². The van der Waals surface area contributed by atoms with Crippen LogP contribution in [0, 0.1) is 12.3 Å². The highest BCUT2D eigenvalue weighted by molar-refractivity contribution is 5.86. The number of carboxylic acid groups (broad SMARTS) is 1. The lowest BCUT2D eigenvalue weighted by molar-refractivity contribution is 0.0659. The quantitative estimate of drug-likeness (QED) is 0.828. The van der Waals surface area contributed by atoms with Gasteiger partial charge in [-0.05, 0) is 37.7 Å². The minimum atomic E-state index is -0.996. The number of aromatic carboxylic acids is 1. The topological polar surface area (TPSA) is 62.5 Å². The van der Waals surface area contributed by atoms with Crippen LogP contribution < -0.4 is 5.32 Å². The fourth-order valence-electron chi connectivity index (χ4n) is 3.08. The van der Waals surface area contributed by atoms with E-state index in [1.165, 1.54) is 32.1 Å². The van der Waals surface area contributed by atoms with Crippen LogP contribution in [0.25, 0.3) is 0 Å². The van der Waals surface area contributed by atoms with Gasteiger partial charge in [0.15, 0.2) is 0 Å². The van der Waals surface area contributed by atoms with Crippen LogP contribution in [0.2, 0.25) is 0 Å². The minimum absolute atomic E-state index is 0.0582. The monoisotopic (exact) mass is 265 g/mol. The van der Waals surface area contributed by atoms with Gasteiger partial charge in [-0.25, -0.2) is 4.79 Å². The Morgan fingerprint density at radius 3 is 2.68 bits per heavy atom. The molecule has 1 saturated carbocycles. The number of carbonyl (C=O) groups is 1. The molecule has 0 radical (unpaired) electrons. The average molecular weight is 265 g/mol. The molecule has 4 heteroatoms. The summed E-state index contributed by atoms with van der Waals surface area (Å²) in [6, 6.07) is 1.81. The number of nitrogens with one attached hydrogen (secondary N) is 1. The molecule has 1 aliphatic rings. The van der Waals surface area contributed by atoms with Gasteiger partial charge in [0.05, 0.1) is 6.54 Å². The molecule has 1 fully saturated rings. The number of hydrogen-bond donors (Lipinski definition) is 2. The van der Waals surface area contributed by atoms with Crippen LogP contribution in [-0.4, -0.2) is 17.6 Å². The summed E-state index contributed by atoms with van der Waals surface area (Å²) in [6.45, 7) is 5.62. The molecule has 0 bridgehead atoms. The van der Waals surface area contributed by atoms with Gasteiger partial charge in [0.1, 0.15) is 5.76 Å². The first-order valence-corrected chi connectivity index (χ1v) is 7.10. The second-order valence-electron chi connectivity index (χ2n) is 5.69. The molecule has 1 heterocycles. The summed E-state index contributed by atoms with van der Waals surface area (Å²) in [5, 5.41) is 12.4. The van der Waals surface area contributed by atoms with Crippen molar-refractivity contribution in [2.75, 3.05) is 6.54 Å². The highest BCUT2D eigenvalue weighted by Gasteiger charge is 2.31. The van der Waals surface area contributed by atoms with E-state index in [0.717, 1.165) is 6.54 Å². The van der Waals surface area contributed by atoms with Crippen LogP contribution in [0.15, 0.2) is 10.5 Å². The van der Waals surface area contributed by atoms with E-state index in [4.69, 9.17) is 9.52 Å². The van der Waals surface area contributed by atoms with Crippen LogP contribution in [0.3, 0.4) is 0 Å². The van der Waals surface area contributed by atoms with Gasteiger partial charge < -0.3 is 14.8 Å². The van der Waals surface area contributed by atoms with Crippen LogP contribution in [0.5, 0.6) is 0 Å². The second-order valence-corrected chi connectivity index (χ2v) is 5.69. The zero-order chi connectivity index (χ0) is 13.9. The van der Waals surface area contributed by atoms with Crippen LogP contribution in [0.4, 0.5) is 0 Å². The zero-order valence-corrected chi connectivity index (χ0v) is 11.8. The first-order valence-electron chi connectivity index (χ1n) is 7.10. The van der Waals surface area contributed by atoms with E-state index in [9.17, 15) is 4.79 Å². The van der Waals surface area contributed by atoms with Crippen LogP contribution >= 0.6 is 0 Å². The van der Waals surface area contributed by atoms with Crippen molar-refractivity contribution in [3.8, 4) is 0 Å². The van der Waals surface area contributed by atoms with Crippen molar-refractivity contribution >= 4 is 5.97 Å². The lowest BCUT2D eigenvalue weighted by Gasteiger charge is -2.27. The van der Waals surface area contributed by atoms with E-state index in [0.29, 0.717) is 23.3 Å². The number of furan rings is 1. The van der Waals surface area contributed by atoms with Crippen molar-refractivity contribution in [2.45, 2.75) is 52.5 Å². The lowest BCUT2D eigenvalue weighted by Crippen LogP contribution is -2.31. The standard InChI is InChI=1S/C15H23NO3/c1-3-15(6-4-5-7-15)10-16-9-12-8-11(2)13(19-12)14(17)18/h8,16H,3-7,9-10H2,1-2H3,(H,17,18). The molecule has 0 spiro atoms. The Bertz CT molecular complexity index is 444. The van der Waals surface area contributed by atoms with Gasteiger partial charge in [-0.15, -0.1) is 0 Å². The summed E-state index contributed by atoms with van der Waals surface area (Å²) in [5.41, 5.74) is 1.13. The molecule has 1 aromatic heterocycles. The molecule has 0 aliphatic heterocycles. The minimum Gasteiger partial charge on any atom is -0.475 e. The smallest absolute Gasteiger partial charge is 0.372 e. The Hall–Kier alpha value is -1.29. The molecule has 19 heavy (non-hydrogen) atoms. The Morgan fingerprint density at radius 1 is 1.47 bits per heavy atom. The molecule has 2 N–H and O–H groups in total. The van der Waals surface area contributed by atoms with Gasteiger partial charge in [0, 0.05) is 12.1 Å². The van der Waals surface area contributed by atoms with Gasteiger partial charge >= 0.3 is 5.97 Å². The SMILES string of the molecule is CCC1(CNCc2cc(C)c(C(=O)O)o2)CCCC1. The van der Waals surface area contributed by atoms with E-state index in [1.807, 2.05) is 6.07 Å². The molecule has 106 valence electrons. The summed E-state index contributed by atoms with van der Waals surface area (Å²) in [6.07, 6.45) is 6.47. The molecule has 0 amide bonds. The Morgan fingerprint density at radius 2 is 2.16 bits per heavy atom. The Balaban J connectivity index is 1.89. The fraction of sp³-hybridized carbons (Fsp3) is 0.667. The predicted molar refractivity (Wildman–Crippen MR) is 73.3 cm³/mol. The first kappa shape index (κ1) is 14.1. The number of rotatable bonds is 6. The molecule has 0 aromatic carbocycles. The van der Waals surface area contributed by atoms with Gasteiger partial charge in [0.2, 0.25) is 5.76 Å². The average Bonchev–Trinajstić information content (AvgIpc) is 2.97. The molecule has 1 aliphatic carbocycles. The Kier molecular flexibility index (Phi) is 4.30. The number of hydrogen-bond acceptors (Lipinski definition) is 3. The number of aryl methyl sites for hydroxylation is 1. The van der Waals surface area contributed by atoms with E-state index < -0.39 is 5.97 Å². The van der Waals surface area contributed by atoms with Crippen LogP contribution in [0.1, 0.15) is 60.9 Å². The predicted octanol–water partition coefficient (Wildman–Crippen LogP) is 3.35. The molecular formula is C15H23NO3. The van der Waals surface area contributed by atoms with Crippen molar-refractivity contribution in [3.05, 3.63) is 23.2 Å². The van der Waals surface area contributed by atoms with Crippen LogP contribution in [-0.2, 0) is 6.54 Å². The molecule has 2 rings (SSSR count). The maximum atomic E-state index is 10.9. The van der Waals surface area contributed by atoms with Gasteiger partial charge in [-0.2, -0.15) is 0 Å². The Labute approximate surface area is 114 Å². The molecule has 1 aromatic rings. The van der Waals surface area contributed by atoms with Gasteiger partial charge in [-0.1, -0.05) is 19.8 Å².